The summed E-state index contributed by atoms with van der Waals surface area (Å²) >= 11 is 7.01. The Labute approximate surface area is 278 Å². The summed E-state index contributed by atoms with van der Waals surface area (Å²) in [6.07, 6.45) is -3.38. The molecule has 264 valence electrons. The van der Waals surface area contributed by atoms with Crippen molar-refractivity contribution in [1.29, 1.82) is 0 Å². The van der Waals surface area contributed by atoms with Gasteiger partial charge in [-0.15, -0.1) is 10.2 Å². The molecule has 0 aliphatic rings. The van der Waals surface area contributed by atoms with Gasteiger partial charge in [-0.05, 0) is 30.5 Å². The molecular formula is C25H29ClF3N6O11PS. The van der Waals surface area contributed by atoms with Gasteiger partial charge in [0.2, 0.25) is 5.16 Å². The second-order valence-electron chi connectivity index (χ2n) is 10.1. The highest BCUT2D eigenvalue weighted by atomic mass is 35.5. The number of carboxylic acids is 2. The molecule has 0 unspecified atom stereocenters. The van der Waals surface area contributed by atoms with E-state index in [-0.39, 0.29) is 27.5 Å². The lowest BCUT2D eigenvalue weighted by molar-refractivity contribution is -0.385. The summed E-state index contributed by atoms with van der Waals surface area (Å²) in [4.78, 5) is 58.8. The minimum Gasteiger partial charge on any atom is -0.480 e. The Kier molecular flexibility index (Phi) is 15.0. The van der Waals surface area contributed by atoms with Crippen molar-refractivity contribution in [3.63, 3.8) is 0 Å². The van der Waals surface area contributed by atoms with Gasteiger partial charge in [0, 0.05) is 17.5 Å². The quantitative estimate of drug-likeness (QED) is 0.0595. The zero-order valence-corrected chi connectivity index (χ0v) is 27.7. The lowest BCUT2D eigenvalue weighted by Gasteiger charge is -2.16. The number of alkyl halides is 3. The van der Waals surface area contributed by atoms with Crippen LogP contribution in [0, 0.1) is 10.1 Å². The number of nitro benzene ring substituents is 1. The second-order valence-corrected chi connectivity index (χ2v) is 12.9. The van der Waals surface area contributed by atoms with Crippen molar-refractivity contribution in [3.05, 3.63) is 78.7 Å². The Hall–Kier alpha value is -4.27. The average molecular weight is 745 g/mol. The van der Waals surface area contributed by atoms with Crippen LogP contribution in [0.4, 0.5) is 18.9 Å². The Morgan fingerprint density at radius 2 is 1.75 bits per heavy atom. The normalized spacial score (nSPS) is 11.4. The standard InChI is InChI=1S/C14H7ClF3NO5.C8H14N4OS.C3H8NO5P/c15-10-5-7(14(16,17)18)1-4-12(10)24-8-2-3-11(19(22)23)9(6-8)13(20)21;1-8(2,3)5-6(13)12(9)7(14-4)11-10-5;5-3(6)1-4-2-10(7,8)9/h1-6H,(H,20,21);9H2,1-4H3;4H,1-2H2,(H,5,6)(H2,7,8,9). The lowest BCUT2D eigenvalue weighted by Crippen LogP contribution is -2.37. The Morgan fingerprint density at radius 3 is 2.19 bits per heavy atom. The summed E-state index contributed by atoms with van der Waals surface area (Å²) in [6, 6.07) is 5.27. The Bertz CT molecular complexity index is 1750. The number of nitrogens with one attached hydrogen (secondary N) is 1. The first-order valence-corrected chi connectivity index (χ1v) is 16.1. The zero-order valence-electron chi connectivity index (χ0n) is 25.3. The number of aromatic carboxylic acids is 1. The van der Waals surface area contributed by atoms with Crippen LogP contribution >= 0.6 is 31.0 Å². The van der Waals surface area contributed by atoms with Gasteiger partial charge in [0.1, 0.15) is 22.8 Å². The molecule has 1 aromatic heterocycles. The molecular weight excluding hydrogens is 716 g/mol. The molecule has 3 aromatic rings. The van der Waals surface area contributed by atoms with E-state index in [1.54, 1.807) is 6.26 Å². The van der Waals surface area contributed by atoms with E-state index in [4.69, 9.17) is 42.2 Å². The fourth-order valence-electron chi connectivity index (χ4n) is 3.10. The van der Waals surface area contributed by atoms with Crippen LogP contribution in [-0.4, -0.2) is 70.8 Å². The number of halogens is 4. The van der Waals surface area contributed by atoms with E-state index in [0.29, 0.717) is 16.9 Å². The molecule has 0 atom stereocenters. The molecule has 0 aliphatic heterocycles. The number of aliphatic carboxylic acids is 1. The largest absolute Gasteiger partial charge is 0.480 e. The van der Waals surface area contributed by atoms with Crippen molar-refractivity contribution in [1.82, 2.24) is 20.2 Å². The predicted octanol–water partition coefficient (Wildman–Crippen LogP) is 3.92. The number of benzene rings is 2. The smallest absolute Gasteiger partial charge is 0.416 e. The molecule has 7 N–H and O–H groups in total. The number of ether oxygens (including phenoxy) is 1. The molecule has 2 aromatic carbocycles. The van der Waals surface area contributed by atoms with Gasteiger partial charge in [0.15, 0.2) is 0 Å². The van der Waals surface area contributed by atoms with E-state index >= 15 is 0 Å². The summed E-state index contributed by atoms with van der Waals surface area (Å²) < 4.78 is 54.0. The number of carbonyl (C=O) groups is 2. The van der Waals surface area contributed by atoms with Gasteiger partial charge in [0.25, 0.3) is 11.2 Å². The van der Waals surface area contributed by atoms with Crippen LogP contribution in [0.5, 0.6) is 11.5 Å². The van der Waals surface area contributed by atoms with Crippen LogP contribution in [-0.2, 0) is 21.0 Å². The minimum absolute atomic E-state index is 0.125. The maximum Gasteiger partial charge on any atom is 0.416 e. The van der Waals surface area contributed by atoms with Crippen molar-refractivity contribution in [2.45, 2.75) is 37.5 Å². The molecule has 0 aliphatic carbocycles. The number of hydrogen-bond acceptors (Lipinski definition) is 12. The molecule has 48 heavy (non-hydrogen) atoms. The number of nitrogens with two attached hydrogens (primary N) is 1. The third kappa shape index (κ3) is 13.5. The van der Waals surface area contributed by atoms with E-state index in [1.807, 2.05) is 20.8 Å². The van der Waals surface area contributed by atoms with E-state index in [9.17, 15) is 42.2 Å². The maximum absolute atomic E-state index is 12.6. The predicted molar refractivity (Wildman–Crippen MR) is 166 cm³/mol. The van der Waals surface area contributed by atoms with Crippen LogP contribution in [0.1, 0.15) is 42.4 Å². The van der Waals surface area contributed by atoms with E-state index < -0.39 is 60.3 Å². The minimum atomic E-state index is -4.58. The fraction of sp³-hybridized carbons (Fsp3) is 0.320. The van der Waals surface area contributed by atoms with Gasteiger partial charge < -0.3 is 30.6 Å². The Balaban J connectivity index is 0.000000406. The van der Waals surface area contributed by atoms with Gasteiger partial charge in [-0.25, -0.2) is 4.79 Å². The number of nitrogen functional groups attached to an aromatic ring is 1. The monoisotopic (exact) mass is 744 g/mol. The number of thioether (sulfide) groups is 1. The second kappa shape index (κ2) is 17.2. The van der Waals surface area contributed by atoms with Gasteiger partial charge in [-0.1, -0.05) is 44.1 Å². The highest BCUT2D eigenvalue weighted by Gasteiger charge is 2.31. The summed E-state index contributed by atoms with van der Waals surface area (Å²) in [7, 11) is -4.10. The van der Waals surface area contributed by atoms with Crippen LogP contribution in [0.15, 0.2) is 46.3 Å². The third-order valence-corrected chi connectivity index (χ3v) is 6.81. The highest BCUT2D eigenvalue weighted by molar-refractivity contribution is 7.98. The van der Waals surface area contributed by atoms with Gasteiger partial charge in [-0.3, -0.25) is 29.6 Å². The molecule has 17 nitrogen and oxygen atoms in total. The van der Waals surface area contributed by atoms with Crippen LogP contribution in [0.3, 0.4) is 0 Å². The molecule has 0 saturated heterocycles. The van der Waals surface area contributed by atoms with Crippen molar-refractivity contribution >= 4 is 48.6 Å². The van der Waals surface area contributed by atoms with E-state index in [2.05, 4.69) is 15.5 Å². The fourth-order valence-corrected chi connectivity index (χ4v) is 4.12. The molecule has 0 bridgehead atoms. The zero-order chi connectivity index (χ0) is 37.2. The topological polar surface area (TPSA) is 270 Å². The van der Waals surface area contributed by atoms with Crippen molar-refractivity contribution in [2.24, 2.45) is 0 Å². The lowest BCUT2D eigenvalue weighted by atomic mass is 9.93. The van der Waals surface area contributed by atoms with Gasteiger partial charge in [-0.2, -0.15) is 17.8 Å². The van der Waals surface area contributed by atoms with E-state index in [0.717, 1.165) is 35.0 Å². The summed E-state index contributed by atoms with van der Waals surface area (Å²) in [5.74, 6) is 2.59. The third-order valence-electron chi connectivity index (χ3n) is 5.23. The van der Waals surface area contributed by atoms with Crippen molar-refractivity contribution < 1.29 is 57.0 Å². The first-order valence-electron chi connectivity index (χ1n) is 12.7. The molecule has 1 heterocycles. The molecule has 23 heteroatoms. The van der Waals surface area contributed by atoms with Crippen LogP contribution in [0.25, 0.3) is 0 Å². The van der Waals surface area contributed by atoms with Crippen molar-refractivity contribution in [2.75, 3.05) is 24.9 Å². The van der Waals surface area contributed by atoms with Crippen LogP contribution in [0.2, 0.25) is 5.02 Å². The summed E-state index contributed by atoms with van der Waals surface area (Å²) in [5.41, 5.74) is -2.47. The summed E-state index contributed by atoms with van der Waals surface area (Å²) in [5, 5.41) is 37.6. The molecule has 0 saturated carbocycles. The SMILES string of the molecule is CSc1nnc(C(C)(C)C)c(=O)n1N.O=C(O)CNCP(=O)(O)O.O=C(O)c1cc(Oc2ccc(C(F)(F)F)cc2Cl)ccc1[N+](=O)[O-]. The number of nitro groups is 1. The first-order chi connectivity index (χ1) is 21.9. The van der Waals surface area contributed by atoms with Gasteiger partial charge >= 0.3 is 25.7 Å². The molecule has 0 radical (unpaired) electrons. The Morgan fingerprint density at radius 1 is 1.15 bits per heavy atom. The van der Waals surface area contributed by atoms with Crippen molar-refractivity contribution in [3.8, 4) is 11.5 Å². The first kappa shape index (κ1) is 41.8. The summed E-state index contributed by atoms with van der Waals surface area (Å²) in [6.45, 7) is 5.26. The molecule has 3 rings (SSSR count). The van der Waals surface area contributed by atoms with Gasteiger partial charge in [0.05, 0.1) is 28.3 Å². The number of hydrogen-bond donors (Lipinski definition) is 6. The molecule has 0 amide bonds. The van der Waals surface area contributed by atoms with E-state index in [1.165, 1.54) is 11.8 Å². The number of rotatable bonds is 9. The maximum atomic E-state index is 12.6. The number of nitrogens with zero attached hydrogens (tertiary/aromatic N) is 4. The highest BCUT2D eigenvalue weighted by Crippen LogP contribution is 2.37. The average Bonchev–Trinajstić information content (AvgIpc) is 2.94. The molecule has 0 fully saturated rings. The number of aromatic nitrogens is 3. The molecule has 0 spiro atoms. The number of carboxylic acid groups (broad SMARTS) is 2. The van der Waals surface area contributed by atoms with Crippen LogP contribution < -0.4 is 21.5 Å².